The molecular weight excluding hydrogens is 298 g/mol. The third-order valence-electron chi connectivity index (χ3n) is 3.06. The van der Waals surface area contributed by atoms with E-state index in [0.717, 1.165) is 22.5 Å². The van der Waals surface area contributed by atoms with Gasteiger partial charge in [-0.1, -0.05) is 12.1 Å². The maximum Gasteiger partial charge on any atom is 0.264 e. The SMILES string of the molecule is CN(c1cccc(F)c1)S(=O)(=O)c1cc(F)ccc1CN. The molecule has 0 amide bonds. The molecule has 0 saturated heterocycles. The summed E-state index contributed by atoms with van der Waals surface area (Å²) in [7, 11) is -2.75. The maximum absolute atomic E-state index is 13.4. The molecule has 0 aromatic heterocycles. The summed E-state index contributed by atoms with van der Waals surface area (Å²) < 4.78 is 52.6. The first-order valence-electron chi connectivity index (χ1n) is 6.09. The van der Waals surface area contributed by atoms with Gasteiger partial charge in [-0.15, -0.1) is 0 Å². The zero-order chi connectivity index (χ0) is 15.6. The molecule has 0 aliphatic rings. The van der Waals surface area contributed by atoms with Crippen LogP contribution in [-0.2, 0) is 16.6 Å². The van der Waals surface area contributed by atoms with Crippen LogP contribution < -0.4 is 10.0 Å². The molecule has 0 heterocycles. The molecule has 2 aromatic carbocycles. The Labute approximate surface area is 121 Å². The van der Waals surface area contributed by atoms with Crippen molar-refractivity contribution in [3.63, 3.8) is 0 Å². The van der Waals surface area contributed by atoms with Crippen molar-refractivity contribution in [2.45, 2.75) is 11.4 Å². The molecular formula is C14H14F2N2O2S. The Morgan fingerprint density at radius 2 is 1.76 bits per heavy atom. The van der Waals surface area contributed by atoms with Crippen molar-refractivity contribution in [1.29, 1.82) is 0 Å². The van der Waals surface area contributed by atoms with Gasteiger partial charge in [0.05, 0.1) is 10.6 Å². The van der Waals surface area contributed by atoms with Gasteiger partial charge in [-0.25, -0.2) is 17.2 Å². The number of benzene rings is 2. The first kappa shape index (κ1) is 15.4. The van der Waals surface area contributed by atoms with Crippen molar-refractivity contribution in [3.05, 3.63) is 59.7 Å². The summed E-state index contributed by atoms with van der Waals surface area (Å²) in [5, 5.41) is 0. The number of nitrogens with zero attached hydrogens (tertiary/aromatic N) is 1. The molecule has 2 rings (SSSR count). The molecule has 0 fully saturated rings. The highest BCUT2D eigenvalue weighted by Crippen LogP contribution is 2.25. The minimum atomic E-state index is -4.03. The van der Waals surface area contributed by atoms with Gasteiger partial charge in [-0.05, 0) is 35.9 Å². The second-order valence-corrected chi connectivity index (χ2v) is 6.35. The summed E-state index contributed by atoms with van der Waals surface area (Å²) in [5.74, 6) is -1.24. The highest BCUT2D eigenvalue weighted by Gasteiger charge is 2.24. The van der Waals surface area contributed by atoms with Crippen LogP contribution in [0.2, 0.25) is 0 Å². The van der Waals surface area contributed by atoms with Crippen LogP contribution in [0.5, 0.6) is 0 Å². The fourth-order valence-electron chi connectivity index (χ4n) is 1.90. The standard InChI is InChI=1S/C14H14F2N2O2S/c1-18(13-4-2-3-11(15)7-13)21(19,20)14-8-12(16)6-5-10(14)9-17/h2-8H,9,17H2,1H3. The number of rotatable bonds is 4. The molecule has 0 bridgehead atoms. The first-order chi connectivity index (χ1) is 9.86. The number of nitrogens with two attached hydrogens (primary N) is 1. The molecule has 0 atom stereocenters. The van der Waals surface area contributed by atoms with Gasteiger partial charge in [-0.3, -0.25) is 4.31 Å². The summed E-state index contributed by atoms with van der Waals surface area (Å²) >= 11 is 0. The van der Waals surface area contributed by atoms with Gasteiger partial charge in [0.15, 0.2) is 0 Å². The van der Waals surface area contributed by atoms with E-state index in [0.29, 0.717) is 5.56 Å². The van der Waals surface area contributed by atoms with Crippen LogP contribution in [0.15, 0.2) is 47.4 Å². The third kappa shape index (κ3) is 3.03. The minimum absolute atomic E-state index is 0.0498. The smallest absolute Gasteiger partial charge is 0.264 e. The lowest BCUT2D eigenvalue weighted by atomic mass is 10.2. The van der Waals surface area contributed by atoms with E-state index in [2.05, 4.69) is 0 Å². The van der Waals surface area contributed by atoms with Crippen molar-refractivity contribution in [1.82, 2.24) is 0 Å². The average Bonchev–Trinajstić information content (AvgIpc) is 2.46. The molecule has 0 spiro atoms. The quantitative estimate of drug-likeness (QED) is 0.942. The van der Waals surface area contributed by atoms with Gasteiger partial charge in [0.1, 0.15) is 11.6 Å². The van der Waals surface area contributed by atoms with Crippen molar-refractivity contribution in [2.24, 2.45) is 5.73 Å². The lowest BCUT2D eigenvalue weighted by Gasteiger charge is -2.21. The fourth-order valence-corrected chi connectivity index (χ4v) is 3.33. The maximum atomic E-state index is 13.4. The van der Waals surface area contributed by atoms with Crippen LogP contribution in [0.4, 0.5) is 14.5 Å². The summed E-state index contributed by atoms with van der Waals surface area (Å²) in [6.45, 7) is -0.0498. The Morgan fingerprint density at radius 3 is 2.38 bits per heavy atom. The van der Waals surface area contributed by atoms with Gasteiger partial charge in [0.2, 0.25) is 0 Å². The number of hydrogen-bond acceptors (Lipinski definition) is 3. The molecule has 2 N–H and O–H groups in total. The van der Waals surface area contributed by atoms with E-state index in [9.17, 15) is 17.2 Å². The predicted octanol–water partition coefficient (Wildman–Crippen LogP) is 2.25. The molecule has 2 aromatic rings. The minimum Gasteiger partial charge on any atom is -0.326 e. The molecule has 112 valence electrons. The van der Waals surface area contributed by atoms with Gasteiger partial charge in [0.25, 0.3) is 10.0 Å². The third-order valence-corrected chi connectivity index (χ3v) is 4.93. The molecule has 7 heteroatoms. The number of sulfonamides is 1. The van der Waals surface area contributed by atoms with E-state index in [1.807, 2.05) is 0 Å². The summed E-state index contributed by atoms with van der Waals surface area (Å²) in [6, 6.07) is 8.50. The Balaban J connectivity index is 2.54. The molecule has 0 saturated carbocycles. The van der Waals surface area contributed by atoms with Crippen LogP contribution in [-0.4, -0.2) is 15.5 Å². The predicted molar refractivity (Wildman–Crippen MR) is 76.3 cm³/mol. The van der Waals surface area contributed by atoms with Crippen molar-refractivity contribution in [3.8, 4) is 0 Å². The van der Waals surface area contributed by atoms with E-state index in [1.54, 1.807) is 0 Å². The van der Waals surface area contributed by atoms with Crippen molar-refractivity contribution in [2.75, 3.05) is 11.4 Å². The zero-order valence-electron chi connectivity index (χ0n) is 11.3. The molecule has 0 aliphatic heterocycles. The van der Waals surface area contributed by atoms with E-state index in [1.165, 1.54) is 31.3 Å². The summed E-state index contributed by atoms with van der Waals surface area (Å²) in [6.07, 6.45) is 0. The number of halogens is 2. The second-order valence-electron chi connectivity index (χ2n) is 4.41. The highest BCUT2D eigenvalue weighted by atomic mass is 32.2. The van der Waals surface area contributed by atoms with Gasteiger partial charge >= 0.3 is 0 Å². The van der Waals surface area contributed by atoms with Crippen LogP contribution in [0.3, 0.4) is 0 Å². The van der Waals surface area contributed by atoms with Crippen LogP contribution in [0.25, 0.3) is 0 Å². The largest absolute Gasteiger partial charge is 0.326 e. The molecule has 0 aliphatic carbocycles. The topological polar surface area (TPSA) is 63.4 Å². The Morgan fingerprint density at radius 1 is 1.10 bits per heavy atom. The number of hydrogen-bond donors (Lipinski definition) is 1. The van der Waals surface area contributed by atoms with Gasteiger partial charge in [-0.2, -0.15) is 0 Å². The van der Waals surface area contributed by atoms with Gasteiger partial charge < -0.3 is 5.73 Å². The fraction of sp³-hybridized carbons (Fsp3) is 0.143. The average molecular weight is 312 g/mol. The first-order valence-corrected chi connectivity index (χ1v) is 7.53. The van der Waals surface area contributed by atoms with Crippen LogP contribution in [0.1, 0.15) is 5.56 Å². The van der Waals surface area contributed by atoms with Crippen LogP contribution >= 0.6 is 0 Å². The molecule has 0 radical (unpaired) electrons. The van der Waals surface area contributed by atoms with E-state index < -0.39 is 21.7 Å². The van der Waals surface area contributed by atoms with E-state index in [4.69, 9.17) is 5.73 Å². The Kier molecular flexibility index (Phi) is 4.24. The van der Waals surface area contributed by atoms with Crippen molar-refractivity contribution < 1.29 is 17.2 Å². The Bertz CT molecular complexity index is 763. The van der Waals surface area contributed by atoms with E-state index >= 15 is 0 Å². The highest BCUT2D eigenvalue weighted by molar-refractivity contribution is 7.92. The lowest BCUT2D eigenvalue weighted by Crippen LogP contribution is -2.28. The normalized spacial score (nSPS) is 11.4. The summed E-state index contributed by atoms with van der Waals surface area (Å²) in [5.41, 5.74) is 5.93. The summed E-state index contributed by atoms with van der Waals surface area (Å²) in [4.78, 5) is -0.225. The lowest BCUT2D eigenvalue weighted by molar-refractivity contribution is 0.587. The monoisotopic (exact) mass is 312 g/mol. The number of anilines is 1. The molecule has 21 heavy (non-hydrogen) atoms. The molecule has 4 nitrogen and oxygen atoms in total. The van der Waals surface area contributed by atoms with E-state index in [-0.39, 0.29) is 17.1 Å². The second kappa shape index (κ2) is 5.79. The van der Waals surface area contributed by atoms with Crippen LogP contribution in [0, 0.1) is 11.6 Å². The molecule has 0 unspecified atom stereocenters. The van der Waals surface area contributed by atoms with Crippen molar-refractivity contribution >= 4 is 15.7 Å². The Hall–Kier alpha value is -1.99. The zero-order valence-corrected chi connectivity index (χ0v) is 12.1. The van der Waals surface area contributed by atoms with Gasteiger partial charge in [0, 0.05) is 13.6 Å².